The van der Waals surface area contributed by atoms with Crippen LogP contribution >= 0.6 is 0 Å². The fourth-order valence-electron chi connectivity index (χ4n) is 3.09. The molecular formula is C17H31N3O. The van der Waals surface area contributed by atoms with Gasteiger partial charge in [-0.2, -0.15) is 5.10 Å². The van der Waals surface area contributed by atoms with Crippen molar-refractivity contribution in [3.63, 3.8) is 0 Å². The van der Waals surface area contributed by atoms with E-state index >= 15 is 0 Å². The molecule has 0 aliphatic carbocycles. The maximum absolute atomic E-state index is 5.78. The third-order valence-corrected chi connectivity index (χ3v) is 4.17. The van der Waals surface area contributed by atoms with Gasteiger partial charge in [-0.3, -0.25) is 4.68 Å². The van der Waals surface area contributed by atoms with Crippen LogP contribution in [0, 0.1) is 5.92 Å². The maximum atomic E-state index is 5.78. The molecule has 1 aliphatic rings. The smallest absolute Gasteiger partial charge is 0.0771 e. The molecule has 2 rings (SSSR count). The zero-order chi connectivity index (χ0) is 15.2. The van der Waals surface area contributed by atoms with Gasteiger partial charge in [0.25, 0.3) is 0 Å². The van der Waals surface area contributed by atoms with Crippen LogP contribution in [-0.4, -0.2) is 29.0 Å². The Labute approximate surface area is 129 Å². The van der Waals surface area contributed by atoms with Crippen LogP contribution in [0.1, 0.15) is 57.5 Å². The number of aryl methyl sites for hydroxylation is 1. The minimum Gasteiger partial charge on any atom is -0.376 e. The first-order chi connectivity index (χ1) is 10.2. The lowest BCUT2D eigenvalue weighted by Crippen LogP contribution is -2.21. The van der Waals surface area contributed by atoms with Crippen molar-refractivity contribution in [2.75, 3.05) is 13.2 Å². The Morgan fingerprint density at radius 2 is 2.14 bits per heavy atom. The van der Waals surface area contributed by atoms with Gasteiger partial charge in [-0.05, 0) is 38.1 Å². The van der Waals surface area contributed by atoms with E-state index in [9.17, 15) is 0 Å². The van der Waals surface area contributed by atoms with Gasteiger partial charge in [0.05, 0.1) is 18.3 Å². The van der Waals surface area contributed by atoms with E-state index in [1.54, 1.807) is 0 Å². The predicted octanol–water partition coefficient (Wildman–Crippen LogP) is 2.93. The largest absolute Gasteiger partial charge is 0.376 e. The Morgan fingerprint density at radius 3 is 2.71 bits per heavy atom. The van der Waals surface area contributed by atoms with Gasteiger partial charge in [0.1, 0.15) is 0 Å². The number of hydrogen-bond acceptors (Lipinski definition) is 3. The monoisotopic (exact) mass is 293 g/mol. The highest BCUT2D eigenvalue weighted by Gasteiger charge is 2.21. The van der Waals surface area contributed by atoms with E-state index in [-0.39, 0.29) is 0 Å². The zero-order valence-electron chi connectivity index (χ0n) is 14.1. The summed E-state index contributed by atoms with van der Waals surface area (Å²) in [6, 6.07) is 0. The normalized spacial score (nSPS) is 18.8. The standard InChI is InChI=1S/C17H31N3O/c1-5-16-15(11-18-10-13(3)4)17(6-2)20(19-16)12-14-8-7-9-21-14/h13-14,18H,5-12H2,1-4H3. The summed E-state index contributed by atoms with van der Waals surface area (Å²) in [5.74, 6) is 0.682. The molecule has 0 radical (unpaired) electrons. The molecule has 1 saturated heterocycles. The van der Waals surface area contributed by atoms with Gasteiger partial charge in [-0.1, -0.05) is 27.7 Å². The summed E-state index contributed by atoms with van der Waals surface area (Å²) < 4.78 is 7.98. The van der Waals surface area contributed by atoms with Crippen LogP contribution in [0.15, 0.2) is 0 Å². The highest BCUT2D eigenvalue weighted by molar-refractivity contribution is 5.27. The van der Waals surface area contributed by atoms with Crippen LogP contribution in [0.2, 0.25) is 0 Å². The van der Waals surface area contributed by atoms with Crippen LogP contribution in [0.3, 0.4) is 0 Å². The molecule has 1 aromatic rings. The number of rotatable bonds is 8. The first-order valence-corrected chi connectivity index (χ1v) is 8.55. The first-order valence-electron chi connectivity index (χ1n) is 8.55. The summed E-state index contributed by atoms with van der Waals surface area (Å²) >= 11 is 0. The van der Waals surface area contributed by atoms with Crippen LogP contribution < -0.4 is 5.32 Å². The van der Waals surface area contributed by atoms with Gasteiger partial charge in [0.15, 0.2) is 0 Å². The van der Waals surface area contributed by atoms with Crippen molar-refractivity contribution in [2.24, 2.45) is 5.92 Å². The highest BCUT2D eigenvalue weighted by Crippen LogP contribution is 2.20. The van der Waals surface area contributed by atoms with Gasteiger partial charge in [0.2, 0.25) is 0 Å². The molecule has 2 heterocycles. The summed E-state index contributed by atoms with van der Waals surface area (Å²) in [6.07, 6.45) is 4.77. The minimum absolute atomic E-state index is 0.358. The van der Waals surface area contributed by atoms with E-state index in [4.69, 9.17) is 9.84 Å². The second-order valence-electron chi connectivity index (χ2n) is 6.42. The number of nitrogens with one attached hydrogen (secondary N) is 1. The molecule has 0 bridgehead atoms. The Kier molecular flexibility index (Phi) is 6.24. The molecule has 1 aliphatic heterocycles. The third kappa shape index (κ3) is 4.30. The van der Waals surface area contributed by atoms with Crippen LogP contribution in [0.5, 0.6) is 0 Å². The summed E-state index contributed by atoms with van der Waals surface area (Å²) in [5, 5.41) is 8.43. The molecule has 1 atom stereocenters. The molecule has 4 heteroatoms. The topological polar surface area (TPSA) is 39.1 Å². The number of hydrogen-bond donors (Lipinski definition) is 1. The van der Waals surface area contributed by atoms with Gasteiger partial charge >= 0.3 is 0 Å². The van der Waals surface area contributed by atoms with Crippen molar-refractivity contribution in [2.45, 2.75) is 72.6 Å². The minimum atomic E-state index is 0.358. The summed E-state index contributed by atoms with van der Waals surface area (Å²) in [5.41, 5.74) is 4.05. The molecule has 1 fully saturated rings. The van der Waals surface area contributed by atoms with Gasteiger partial charge in [-0.15, -0.1) is 0 Å². The Balaban J connectivity index is 2.11. The molecule has 0 amide bonds. The van der Waals surface area contributed by atoms with Crippen molar-refractivity contribution in [1.82, 2.24) is 15.1 Å². The lowest BCUT2D eigenvalue weighted by Gasteiger charge is -2.13. The lowest BCUT2D eigenvalue weighted by atomic mass is 10.1. The SMILES string of the molecule is CCc1nn(CC2CCCO2)c(CC)c1CNCC(C)C. The average Bonchev–Trinajstić information content (AvgIpc) is 3.06. The van der Waals surface area contributed by atoms with Crippen molar-refractivity contribution >= 4 is 0 Å². The van der Waals surface area contributed by atoms with E-state index < -0.39 is 0 Å². The molecule has 0 spiro atoms. The average molecular weight is 293 g/mol. The van der Waals surface area contributed by atoms with Gasteiger partial charge in [0, 0.05) is 24.4 Å². The fourth-order valence-corrected chi connectivity index (χ4v) is 3.09. The summed E-state index contributed by atoms with van der Waals surface area (Å²) in [4.78, 5) is 0. The molecule has 1 aromatic heterocycles. The third-order valence-electron chi connectivity index (χ3n) is 4.17. The van der Waals surface area contributed by atoms with Crippen molar-refractivity contribution < 1.29 is 4.74 Å². The van der Waals surface area contributed by atoms with Crippen molar-refractivity contribution in [3.05, 3.63) is 17.0 Å². The quantitative estimate of drug-likeness (QED) is 0.801. The van der Waals surface area contributed by atoms with Crippen LogP contribution in [0.25, 0.3) is 0 Å². The van der Waals surface area contributed by atoms with E-state index in [0.29, 0.717) is 12.0 Å². The van der Waals surface area contributed by atoms with E-state index in [0.717, 1.165) is 39.1 Å². The fraction of sp³-hybridized carbons (Fsp3) is 0.824. The molecule has 21 heavy (non-hydrogen) atoms. The molecule has 0 saturated carbocycles. The summed E-state index contributed by atoms with van der Waals surface area (Å²) in [7, 11) is 0. The molecule has 120 valence electrons. The molecule has 1 unspecified atom stereocenters. The molecule has 0 aromatic carbocycles. The first kappa shape index (κ1) is 16.5. The second-order valence-corrected chi connectivity index (χ2v) is 6.42. The van der Waals surface area contributed by atoms with Crippen molar-refractivity contribution in [3.8, 4) is 0 Å². The van der Waals surface area contributed by atoms with Crippen molar-refractivity contribution in [1.29, 1.82) is 0 Å². The summed E-state index contributed by atoms with van der Waals surface area (Å²) in [6.45, 7) is 12.7. The van der Waals surface area contributed by atoms with Gasteiger partial charge in [-0.25, -0.2) is 0 Å². The van der Waals surface area contributed by atoms with Crippen LogP contribution in [-0.2, 0) is 30.7 Å². The van der Waals surface area contributed by atoms with E-state index in [1.807, 2.05) is 0 Å². The highest BCUT2D eigenvalue weighted by atomic mass is 16.5. The molecule has 4 nitrogen and oxygen atoms in total. The van der Waals surface area contributed by atoms with Gasteiger partial charge < -0.3 is 10.1 Å². The molecule has 1 N–H and O–H groups in total. The number of aromatic nitrogens is 2. The zero-order valence-corrected chi connectivity index (χ0v) is 14.1. The van der Waals surface area contributed by atoms with Crippen LogP contribution in [0.4, 0.5) is 0 Å². The predicted molar refractivity (Wildman–Crippen MR) is 86.5 cm³/mol. The number of nitrogens with zero attached hydrogens (tertiary/aromatic N) is 2. The Hall–Kier alpha value is -0.870. The Bertz CT molecular complexity index is 433. The lowest BCUT2D eigenvalue weighted by molar-refractivity contribution is 0.0931. The second kappa shape index (κ2) is 7.95. The van der Waals surface area contributed by atoms with E-state index in [1.165, 1.54) is 29.8 Å². The maximum Gasteiger partial charge on any atom is 0.0771 e. The number of ether oxygens (including phenoxy) is 1. The van der Waals surface area contributed by atoms with E-state index in [2.05, 4.69) is 37.7 Å². The molecular weight excluding hydrogens is 262 g/mol. The Morgan fingerprint density at radius 1 is 1.33 bits per heavy atom.